The van der Waals surface area contributed by atoms with Gasteiger partial charge in [-0.3, -0.25) is 4.90 Å². The van der Waals surface area contributed by atoms with Crippen LogP contribution in [0, 0.1) is 0 Å². The number of hydrogen-bond donors (Lipinski definition) is 1. The lowest BCUT2D eigenvalue weighted by molar-refractivity contribution is -0.0141. The van der Waals surface area contributed by atoms with Gasteiger partial charge in [0.15, 0.2) is 0 Å². The van der Waals surface area contributed by atoms with E-state index in [0.717, 1.165) is 32.8 Å². The van der Waals surface area contributed by atoms with Gasteiger partial charge in [0, 0.05) is 37.0 Å². The third-order valence-corrected chi connectivity index (χ3v) is 6.81. The van der Waals surface area contributed by atoms with Crippen molar-refractivity contribution < 1.29 is 4.74 Å². The molecule has 120 valence electrons. The molecule has 2 heterocycles. The number of aryl methyl sites for hydroxylation is 1. The van der Waals surface area contributed by atoms with Gasteiger partial charge in [0.25, 0.3) is 0 Å². The molecule has 2 aliphatic heterocycles. The van der Waals surface area contributed by atoms with Gasteiger partial charge in [0.05, 0.1) is 13.2 Å². The van der Waals surface area contributed by atoms with Crippen molar-refractivity contribution in [1.29, 1.82) is 0 Å². The Morgan fingerprint density at radius 2 is 2.14 bits per heavy atom. The maximum Gasteiger partial charge on any atom is 0.0594 e. The van der Waals surface area contributed by atoms with Crippen molar-refractivity contribution >= 4 is 11.8 Å². The van der Waals surface area contributed by atoms with Crippen molar-refractivity contribution in [3.05, 3.63) is 35.4 Å². The Morgan fingerprint density at radius 3 is 2.95 bits per heavy atom. The highest BCUT2D eigenvalue weighted by atomic mass is 32.2. The molecule has 0 unspecified atom stereocenters. The Bertz CT molecular complexity index is 510. The fraction of sp³-hybridized carbons (Fsp3) is 0.667. The standard InChI is InChI=1S/C18H26N2OS/c1-2-4-16-15(3-1)5-6-17(16)19-13-18(7-12-22-14-18)20-8-10-21-11-9-20/h1-4,17,19H,5-14H2/t17-,18-/m0/s1. The molecule has 0 radical (unpaired) electrons. The predicted octanol–water partition coefficient (Wildman–Crippen LogP) is 2.47. The molecule has 1 aliphatic carbocycles. The number of morpholine rings is 1. The second-order valence-corrected chi connectivity index (χ2v) is 7.90. The van der Waals surface area contributed by atoms with E-state index in [1.165, 1.54) is 36.3 Å². The molecule has 2 saturated heterocycles. The van der Waals surface area contributed by atoms with Gasteiger partial charge in [0.1, 0.15) is 0 Å². The normalized spacial score (nSPS) is 32.3. The molecule has 1 aromatic carbocycles. The molecule has 0 bridgehead atoms. The highest BCUT2D eigenvalue weighted by Crippen LogP contribution is 2.36. The van der Waals surface area contributed by atoms with Crippen LogP contribution in [0.5, 0.6) is 0 Å². The molecule has 3 nitrogen and oxygen atoms in total. The summed E-state index contributed by atoms with van der Waals surface area (Å²) in [6, 6.07) is 9.51. The van der Waals surface area contributed by atoms with Crippen LogP contribution in [-0.2, 0) is 11.2 Å². The Kier molecular flexibility index (Phi) is 4.45. The second kappa shape index (κ2) is 6.52. The zero-order chi connectivity index (χ0) is 14.8. The summed E-state index contributed by atoms with van der Waals surface area (Å²) >= 11 is 2.12. The van der Waals surface area contributed by atoms with Gasteiger partial charge in [-0.15, -0.1) is 0 Å². The molecule has 2 atom stereocenters. The van der Waals surface area contributed by atoms with Gasteiger partial charge in [-0.1, -0.05) is 24.3 Å². The van der Waals surface area contributed by atoms with Crippen LogP contribution in [0.1, 0.15) is 30.0 Å². The smallest absolute Gasteiger partial charge is 0.0594 e. The SMILES string of the molecule is c1ccc2c(c1)CC[C@@H]2NC[C@@]1(N2CCOCC2)CCSC1. The number of rotatable bonds is 4. The molecule has 0 amide bonds. The third-order valence-electron chi connectivity index (χ3n) is 5.57. The Labute approximate surface area is 137 Å². The highest BCUT2D eigenvalue weighted by Gasteiger charge is 2.41. The van der Waals surface area contributed by atoms with Gasteiger partial charge < -0.3 is 10.1 Å². The quantitative estimate of drug-likeness (QED) is 0.922. The van der Waals surface area contributed by atoms with Gasteiger partial charge in [0.2, 0.25) is 0 Å². The first kappa shape index (κ1) is 15.0. The van der Waals surface area contributed by atoms with Crippen LogP contribution >= 0.6 is 11.8 Å². The van der Waals surface area contributed by atoms with Crippen LogP contribution in [0.2, 0.25) is 0 Å². The van der Waals surface area contributed by atoms with Crippen molar-refractivity contribution in [2.24, 2.45) is 0 Å². The fourth-order valence-electron chi connectivity index (χ4n) is 4.22. The number of nitrogens with one attached hydrogen (secondary N) is 1. The number of thioether (sulfide) groups is 1. The Morgan fingerprint density at radius 1 is 1.27 bits per heavy atom. The minimum absolute atomic E-state index is 0.353. The molecule has 4 rings (SSSR count). The molecule has 0 spiro atoms. The molecule has 3 aliphatic rings. The molecule has 1 N–H and O–H groups in total. The van der Waals surface area contributed by atoms with E-state index in [1.807, 2.05) is 0 Å². The van der Waals surface area contributed by atoms with Crippen molar-refractivity contribution in [3.63, 3.8) is 0 Å². The van der Waals surface area contributed by atoms with E-state index in [4.69, 9.17) is 4.74 Å². The van der Waals surface area contributed by atoms with Crippen molar-refractivity contribution in [1.82, 2.24) is 10.2 Å². The van der Waals surface area contributed by atoms with E-state index in [-0.39, 0.29) is 0 Å². The van der Waals surface area contributed by atoms with E-state index in [9.17, 15) is 0 Å². The van der Waals surface area contributed by atoms with Gasteiger partial charge in [-0.25, -0.2) is 0 Å². The lowest BCUT2D eigenvalue weighted by Gasteiger charge is -2.43. The second-order valence-electron chi connectivity index (χ2n) is 6.80. The molecular formula is C18H26N2OS. The molecule has 4 heteroatoms. The van der Waals surface area contributed by atoms with E-state index in [1.54, 1.807) is 5.56 Å². The Hall–Kier alpha value is -0.550. The number of hydrogen-bond acceptors (Lipinski definition) is 4. The van der Waals surface area contributed by atoms with Crippen LogP contribution in [0.3, 0.4) is 0 Å². The van der Waals surface area contributed by atoms with E-state index in [2.05, 4.69) is 46.2 Å². The maximum absolute atomic E-state index is 5.56. The molecule has 22 heavy (non-hydrogen) atoms. The summed E-state index contributed by atoms with van der Waals surface area (Å²) in [5.74, 6) is 2.58. The maximum atomic E-state index is 5.56. The average molecular weight is 318 g/mol. The lowest BCUT2D eigenvalue weighted by atomic mass is 9.94. The number of benzene rings is 1. The summed E-state index contributed by atoms with van der Waals surface area (Å²) in [6.07, 6.45) is 3.80. The van der Waals surface area contributed by atoms with Gasteiger partial charge in [-0.05, 0) is 36.1 Å². The average Bonchev–Trinajstić information content (AvgIpc) is 3.22. The van der Waals surface area contributed by atoms with Crippen LogP contribution in [0.25, 0.3) is 0 Å². The summed E-state index contributed by atoms with van der Waals surface area (Å²) in [5.41, 5.74) is 3.43. The summed E-state index contributed by atoms with van der Waals surface area (Å²) in [6.45, 7) is 5.13. The largest absolute Gasteiger partial charge is 0.379 e. The zero-order valence-corrected chi connectivity index (χ0v) is 14.0. The van der Waals surface area contributed by atoms with Gasteiger partial charge in [-0.2, -0.15) is 11.8 Å². The molecule has 2 fully saturated rings. The van der Waals surface area contributed by atoms with Crippen LogP contribution in [0.4, 0.5) is 0 Å². The monoisotopic (exact) mass is 318 g/mol. The van der Waals surface area contributed by atoms with Crippen LogP contribution in [-0.4, -0.2) is 54.8 Å². The van der Waals surface area contributed by atoms with E-state index < -0.39 is 0 Å². The number of ether oxygens (including phenoxy) is 1. The molecular weight excluding hydrogens is 292 g/mol. The number of nitrogens with zero attached hydrogens (tertiary/aromatic N) is 1. The third kappa shape index (κ3) is 2.82. The summed E-state index contributed by atoms with van der Waals surface area (Å²) in [7, 11) is 0. The summed E-state index contributed by atoms with van der Waals surface area (Å²) < 4.78 is 5.56. The first-order valence-corrected chi connectivity index (χ1v) is 9.75. The van der Waals surface area contributed by atoms with Crippen molar-refractivity contribution in [3.8, 4) is 0 Å². The summed E-state index contributed by atoms with van der Waals surface area (Å²) in [4.78, 5) is 2.70. The molecule has 0 aromatic heterocycles. The van der Waals surface area contributed by atoms with Crippen LogP contribution < -0.4 is 5.32 Å². The predicted molar refractivity (Wildman–Crippen MR) is 92.6 cm³/mol. The minimum Gasteiger partial charge on any atom is -0.379 e. The number of fused-ring (bicyclic) bond motifs is 1. The van der Waals surface area contributed by atoms with Crippen LogP contribution in [0.15, 0.2) is 24.3 Å². The van der Waals surface area contributed by atoms with Crippen molar-refractivity contribution in [2.75, 3.05) is 44.4 Å². The van der Waals surface area contributed by atoms with E-state index >= 15 is 0 Å². The lowest BCUT2D eigenvalue weighted by Crippen LogP contribution is -2.58. The topological polar surface area (TPSA) is 24.5 Å². The van der Waals surface area contributed by atoms with Gasteiger partial charge >= 0.3 is 0 Å². The van der Waals surface area contributed by atoms with Crippen molar-refractivity contribution in [2.45, 2.75) is 30.8 Å². The fourth-order valence-corrected chi connectivity index (χ4v) is 5.69. The molecule has 1 aromatic rings. The highest BCUT2D eigenvalue weighted by molar-refractivity contribution is 7.99. The summed E-state index contributed by atoms with van der Waals surface area (Å²) in [5, 5.41) is 3.92. The first-order valence-electron chi connectivity index (χ1n) is 8.59. The first-order chi connectivity index (χ1) is 10.9. The zero-order valence-electron chi connectivity index (χ0n) is 13.2. The Balaban J connectivity index is 1.45. The van der Waals surface area contributed by atoms with E-state index in [0.29, 0.717) is 11.6 Å². The molecule has 0 saturated carbocycles. The minimum atomic E-state index is 0.353.